The van der Waals surface area contributed by atoms with E-state index in [-0.39, 0.29) is 0 Å². The molecule has 0 atom stereocenters. The van der Waals surface area contributed by atoms with Crippen molar-refractivity contribution >= 4 is 23.2 Å². The van der Waals surface area contributed by atoms with E-state index in [9.17, 15) is 13.2 Å². The van der Waals surface area contributed by atoms with Crippen molar-refractivity contribution in [3.63, 3.8) is 0 Å². The van der Waals surface area contributed by atoms with Gasteiger partial charge in [0.15, 0.2) is 0 Å². The summed E-state index contributed by atoms with van der Waals surface area (Å²) in [6.07, 6.45) is 3.79. The van der Waals surface area contributed by atoms with Crippen molar-refractivity contribution in [2.75, 3.05) is 13.6 Å². The average Bonchev–Trinajstić information content (AvgIpc) is 2.92. The van der Waals surface area contributed by atoms with Gasteiger partial charge in [-0.25, -0.2) is 0 Å². The van der Waals surface area contributed by atoms with Crippen LogP contribution in [0.15, 0.2) is 42.7 Å². The Morgan fingerprint density at radius 1 is 1.19 bits per heavy atom. The standard InChI is InChI=1S/C20H18F3N3/c1-25-9-7-19-17(13-25)16-11-15(20(21,22)23)4-5-18(16)26(19)10-6-14-3-2-8-24-12-14/h2-6,8,10-12H,7,9,13H2,1H3. The summed E-state index contributed by atoms with van der Waals surface area (Å²) in [6.45, 7) is 1.54. The summed E-state index contributed by atoms with van der Waals surface area (Å²) >= 11 is 0. The highest BCUT2D eigenvalue weighted by atomic mass is 19.4. The van der Waals surface area contributed by atoms with Crippen LogP contribution in [0.5, 0.6) is 0 Å². The second-order valence-corrected chi connectivity index (χ2v) is 6.61. The minimum atomic E-state index is -4.34. The van der Waals surface area contributed by atoms with Crippen LogP contribution in [0.4, 0.5) is 13.2 Å². The normalized spacial score (nSPS) is 15.7. The lowest BCUT2D eigenvalue weighted by Gasteiger charge is -2.23. The van der Waals surface area contributed by atoms with Crippen LogP contribution in [0.3, 0.4) is 0 Å². The lowest BCUT2D eigenvalue weighted by molar-refractivity contribution is -0.137. The van der Waals surface area contributed by atoms with Crippen molar-refractivity contribution in [2.45, 2.75) is 19.1 Å². The first-order chi connectivity index (χ1) is 12.4. The van der Waals surface area contributed by atoms with Gasteiger partial charge < -0.3 is 9.47 Å². The molecule has 6 heteroatoms. The van der Waals surface area contributed by atoms with E-state index in [4.69, 9.17) is 0 Å². The number of alkyl halides is 3. The predicted molar refractivity (Wildman–Crippen MR) is 96.4 cm³/mol. The number of rotatable bonds is 2. The molecule has 3 aromatic rings. The zero-order valence-electron chi connectivity index (χ0n) is 14.3. The van der Waals surface area contributed by atoms with E-state index < -0.39 is 11.7 Å². The highest BCUT2D eigenvalue weighted by Crippen LogP contribution is 2.36. The second-order valence-electron chi connectivity index (χ2n) is 6.61. The number of hydrogen-bond donors (Lipinski definition) is 0. The third-order valence-electron chi connectivity index (χ3n) is 4.81. The van der Waals surface area contributed by atoms with Gasteiger partial charge in [-0.05, 0) is 48.5 Å². The molecule has 134 valence electrons. The van der Waals surface area contributed by atoms with Gasteiger partial charge in [-0.2, -0.15) is 13.2 Å². The van der Waals surface area contributed by atoms with Crippen molar-refractivity contribution < 1.29 is 13.2 Å². The lowest BCUT2D eigenvalue weighted by Crippen LogP contribution is -2.26. The van der Waals surface area contributed by atoms with Gasteiger partial charge in [0.05, 0.1) is 11.1 Å². The van der Waals surface area contributed by atoms with E-state index in [1.165, 1.54) is 6.07 Å². The monoisotopic (exact) mass is 357 g/mol. The molecule has 1 aromatic carbocycles. The van der Waals surface area contributed by atoms with Crippen molar-refractivity contribution in [2.24, 2.45) is 0 Å². The Kier molecular flexibility index (Phi) is 4.07. The van der Waals surface area contributed by atoms with Crippen LogP contribution >= 0.6 is 0 Å². The van der Waals surface area contributed by atoms with Gasteiger partial charge >= 0.3 is 6.18 Å². The Bertz CT molecular complexity index is 971. The van der Waals surface area contributed by atoms with Gasteiger partial charge in [0.1, 0.15) is 0 Å². The zero-order chi connectivity index (χ0) is 18.3. The van der Waals surface area contributed by atoms with E-state index in [0.717, 1.165) is 41.4 Å². The number of aromatic nitrogens is 2. The fraction of sp³-hybridized carbons (Fsp3) is 0.250. The number of hydrogen-bond acceptors (Lipinski definition) is 2. The molecule has 3 heterocycles. The Morgan fingerprint density at radius 2 is 2.04 bits per heavy atom. The van der Waals surface area contributed by atoms with Crippen LogP contribution in [0.2, 0.25) is 0 Å². The summed E-state index contributed by atoms with van der Waals surface area (Å²) < 4.78 is 41.5. The summed E-state index contributed by atoms with van der Waals surface area (Å²) in [5.74, 6) is 0. The quantitative estimate of drug-likeness (QED) is 0.664. The highest BCUT2D eigenvalue weighted by Gasteiger charge is 2.32. The zero-order valence-corrected chi connectivity index (χ0v) is 14.3. The predicted octanol–water partition coefficient (Wildman–Crippen LogP) is 4.67. The molecule has 26 heavy (non-hydrogen) atoms. The lowest BCUT2D eigenvalue weighted by atomic mass is 10.0. The van der Waals surface area contributed by atoms with Crippen LogP contribution in [-0.4, -0.2) is 28.0 Å². The molecular formula is C20H18F3N3. The number of pyridine rings is 1. The second kappa shape index (κ2) is 6.29. The summed E-state index contributed by atoms with van der Waals surface area (Å²) in [5, 5.41) is 0.678. The molecule has 4 rings (SSSR count). The van der Waals surface area contributed by atoms with Crippen LogP contribution < -0.4 is 0 Å². The topological polar surface area (TPSA) is 21.1 Å². The fourth-order valence-corrected chi connectivity index (χ4v) is 3.51. The van der Waals surface area contributed by atoms with Gasteiger partial charge in [0, 0.05) is 49.2 Å². The molecule has 3 nitrogen and oxygen atoms in total. The summed E-state index contributed by atoms with van der Waals surface area (Å²) in [5.41, 5.74) is 3.21. The molecule has 0 bridgehead atoms. The molecule has 0 spiro atoms. The molecule has 1 aliphatic heterocycles. The first-order valence-corrected chi connectivity index (χ1v) is 8.43. The van der Waals surface area contributed by atoms with Crippen molar-refractivity contribution in [3.05, 3.63) is 65.1 Å². The van der Waals surface area contributed by atoms with Crippen molar-refractivity contribution in [3.8, 4) is 0 Å². The van der Waals surface area contributed by atoms with Gasteiger partial charge in [-0.15, -0.1) is 0 Å². The van der Waals surface area contributed by atoms with Gasteiger partial charge in [-0.3, -0.25) is 4.98 Å². The molecule has 0 N–H and O–H groups in total. The third-order valence-corrected chi connectivity index (χ3v) is 4.81. The van der Waals surface area contributed by atoms with Crippen molar-refractivity contribution in [1.29, 1.82) is 0 Å². The van der Waals surface area contributed by atoms with E-state index in [1.54, 1.807) is 18.5 Å². The molecular weight excluding hydrogens is 339 g/mol. The molecule has 0 fully saturated rings. The Balaban J connectivity index is 1.88. The van der Waals surface area contributed by atoms with Crippen molar-refractivity contribution in [1.82, 2.24) is 14.5 Å². The minimum Gasteiger partial charge on any atom is -0.320 e. The number of nitrogens with zero attached hydrogens (tertiary/aromatic N) is 3. The third kappa shape index (κ3) is 3.01. The number of benzene rings is 1. The average molecular weight is 357 g/mol. The smallest absolute Gasteiger partial charge is 0.320 e. The maximum absolute atomic E-state index is 13.2. The summed E-state index contributed by atoms with van der Waals surface area (Å²) in [6, 6.07) is 7.81. The van der Waals surface area contributed by atoms with Crippen LogP contribution in [-0.2, 0) is 19.1 Å². The first kappa shape index (κ1) is 16.8. The minimum absolute atomic E-state index is 0.602. The van der Waals surface area contributed by atoms with E-state index >= 15 is 0 Å². The molecule has 0 saturated carbocycles. The van der Waals surface area contributed by atoms with Crippen LogP contribution in [0, 0.1) is 0 Å². The maximum Gasteiger partial charge on any atom is 0.416 e. The number of halogens is 3. The van der Waals surface area contributed by atoms with Crippen LogP contribution in [0.25, 0.3) is 23.2 Å². The molecule has 0 radical (unpaired) electrons. The molecule has 2 aromatic heterocycles. The Labute approximate surface area is 149 Å². The largest absolute Gasteiger partial charge is 0.416 e. The maximum atomic E-state index is 13.2. The summed E-state index contributed by atoms with van der Waals surface area (Å²) in [4.78, 5) is 6.23. The van der Waals surface area contributed by atoms with Gasteiger partial charge in [0.25, 0.3) is 0 Å². The fourth-order valence-electron chi connectivity index (χ4n) is 3.51. The number of likely N-dealkylation sites (N-methyl/N-ethyl adjacent to an activating group) is 1. The molecule has 0 saturated heterocycles. The van der Waals surface area contributed by atoms with Gasteiger partial charge in [0.2, 0.25) is 0 Å². The Morgan fingerprint density at radius 3 is 2.77 bits per heavy atom. The van der Waals surface area contributed by atoms with Gasteiger partial charge in [-0.1, -0.05) is 6.07 Å². The SMILES string of the molecule is CN1CCc2c(c3cc(C(F)(F)F)ccc3n2C=Cc2cccnc2)C1. The van der Waals surface area contributed by atoms with E-state index in [0.29, 0.717) is 11.9 Å². The molecule has 1 aliphatic rings. The highest BCUT2D eigenvalue weighted by molar-refractivity contribution is 5.89. The van der Waals surface area contributed by atoms with E-state index in [2.05, 4.69) is 9.88 Å². The van der Waals surface area contributed by atoms with E-state index in [1.807, 2.05) is 36.0 Å². The van der Waals surface area contributed by atoms with Crippen LogP contribution in [0.1, 0.15) is 22.4 Å². The molecule has 0 unspecified atom stereocenters. The first-order valence-electron chi connectivity index (χ1n) is 8.43. The Hall–Kier alpha value is -2.60. The molecule has 0 amide bonds. The number of fused-ring (bicyclic) bond motifs is 3. The molecule has 0 aliphatic carbocycles. The summed E-state index contributed by atoms with van der Waals surface area (Å²) in [7, 11) is 1.99.